The Morgan fingerprint density at radius 3 is 1.15 bits per heavy atom. The number of aliphatic imine (C=N–C) groups is 3. The maximum absolute atomic E-state index is 14.1. The monoisotopic (exact) mass is 1560 g/mol. The molecule has 6 aliphatic rings. The smallest absolute Gasteiger partial charge is 0.305 e. The standard InChI is InChI=1S/C52H53N5O10.C18H29NO6.C17H14N2O3/c1-61-18-19-65-17-16-55(15-9-14-50(58)64-4)37-21-33(31-66-48-27-42-40(25-46(48)62-2)51(59)56-38(29-53-42)23-35-10-5-7-12-44(35)56)20-34(22-37)32-67-49-28-43-41(26-47(49)63-3)52(60)57-39(30-54-43)24-36-11-6-8-13-45(36)57;1-23-8-9-25-7-6-19(5-3-4-18(22)24-2)17-11-15(13-20)10-16(12-17)14-21;1-22-16-7-12-13(8-15(16)20)18-9-11-6-10-4-2-3-5-14(10)19(11)17(12)21/h5-8,10-13,20-22,25-30,38-39H,9,14-19,23-24,31-32H2,1-4H3;10-12,20-21H,3-9,13-14H2,1-2H3;2-5,7-9,11,20H,6H2,1H3/t38-,39-;;11-/m0.0/s1. The molecule has 8 aromatic carbocycles. The third-order valence-corrected chi connectivity index (χ3v) is 20.3. The lowest BCUT2D eigenvalue weighted by Crippen LogP contribution is -2.37. The first-order valence-electron chi connectivity index (χ1n) is 37.8. The predicted octanol–water partition coefficient (Wildman–Crippen LogP) is 11.6. The second-order valence-corrected chi connectivity index (χ2v) is 27.6. The highest BCUT2D eigenvalue weighted by atomic mass is 16.5. The molecule has 0 saturated carbocycles. The molecule has 0 aromatic heterocycles. The number of esters is 2. The van der Waals surface area contributed by atoms with Gasteiger partial charge >= 0.3 is 11.9 Å². The van der Waals surface area contributed by atoms with Crippen LogP contribution in [0.2, 0.25) is 0 Å². The molecule has 598 valence electrons. The van der Waals surface area contributed by atoms with Crippen molar-refractivity contribution >= 4 is 93.8 Å². The van der Waals surface area contributed by atoms with Crippen molar-refractivity contribution in [3.63, 3.8) is 0 Å². The Bertz CT molecular complexity index is 4670. The average Bonchev–Trinajstić information content (AvgIpc) is 1.62. The van der Waals surface area contributed by atoms with Crippen molar-refractivity contribution < 1.29 is 91.4 Å². The van der Waals surface area contributed by atoms with E-state index in [-0.39, 0.29) is 92.1 Å². The van der Waals surface area contributed by atoms with Crippen molar-refractivity contribution in [3.8, 4) is 34.5 Å². The van der Waals surface area contributed by atoms with E-state index in [0.29, 0.717) is 155 Å². The van der Waals surface area contributed by atoms with Crippen LogP contribution in [0.5, 0.6) is 34.5 Å². The molecule has 3 amide bonds. The van der Waals surface area contributed by atoms with Crippen molar-refractivity contribution in [1.29, 1.82) is 0 Å². The Morgan fingerprint density at radius 2 is 0.781 bits per heavy atom. The van der Waals surface area contributed by atoms with Crippen LogP contribution in [0.4, 0.5) is 45.5 Å². The van der Waals surface area contributed by atoms with Crippen LogP contribution in [-0.2, 0) is 83.7 Å². The molecule has 27 nitrogen and oxygen atoms in total. The number of aliphatic hydroxyl groups is 2. The molecular formula is C87H96N8O19. The zero-order valence-corrected chi connectivity index (χ0v) is 65.1. The number of amides is 3. The second-order valence-electron chi connectivity index (χ2n) is 27.6. The van der Waals surface area contributed by atoms with Gasteiger partial charge < -0.3 is 77.2 Å². The SMILES string of the molecule is COCCOCCN(CCCC(=O)OC)c1cc(CO)cc(CO)c1.COCCOCCN(CCCC(=O)OC)c1cc(COc2cc3c(cc2OC)C(=O)N2c4ccccc4C[C@H]2C=N3)cc(COc2cc3c(cc2OC)C(=O)N2c4ccccc4C[C@H]2C=N3)c1.COc1cc2c(cc1O)N=C[C@@H]1Cc3ccccc3N1C2=O. The second kappa shape index (κ2) is 39.2. The fourth-order valence-electron chi connectivity index (χ4n) is 14.6. The van der Waals surface area contributed by atoms with Gasteiger partial charge in [-0.3, -0.25) is 53.6 Å². The normalized spacial score (nSPS) is 15.5. The van der Waals surface area contributed by atoms with Crippen LogP contribution in [0.3, 0.4) is 0 Å². The molecule has 14 rings (SSSR count). The minimum absolute atomic E-state index is 0.0198. The zero-order valence-electron chi connectivity index (χ0n) is 65.1. The molecule has 114 heavy (non-hydrogen) atoms. The highest BCUT2D eigenvalue weighted by molar-refractivity contribution is 6.17. The Balaban J connectivity index is 0.000000207. The van der Waals surface area contributed by atoms with Crippen molar-refractivity contribution in [1.82, 2.24) is 0 Å². The van der Waals surface area contributed by atoms with E-state index in [1.54, 1.807) is 85.8 Å². The van der Waals surface area contributed by atoms with E-state index >= 15 is 0 Å². The first-order chi connectivity index (χ1) is 55.6. The van der Waals surface area contributed by atoms with E-state index in [0.717, 1.165) is 73.8 Å². The van der Waals surface area contributed by atoms with Crippen LogP contribution in [0.25, 0.3) is 0 Å². The number of phenolic OH excluding ortho intramolecular Hbond substituents is 1. The van der Waals surface area contributed by atoms with Crippen molar-refractivity contribution in [2.24, 2.45) is 15.0 Å². The van der Waals surface area contributed by atoms with E-state index in [4.69, 9.17) is 57.4 Å². The summed E-state index contributed by atoms with van der Waals surface area (Å²) in [5, 5.41) is 28.7. The molecule has 0 unspecified atom stereocenters. The molecule has 0 saturated heterocycles. The summed E-state index contributed by atoms with van der Waals surface area (Å²) >= 11 is 0. The largest absolute Gasteiger partial charge is 0.504 e. The van der Waals surface area contributed by atoms with Crippen molar-refractivity contribution in [2.45, 2.75) is 89.5 Å². The molecule has 0 fully saturated rings. The molecule has 0 bridgehead atoms. The van der Waals surface area contributed by atoms with Gasteiger partial charge in [0, 0.05) is 138 Å². The molecule has 0 aliphatic carbocycles. The van der Waals surface area contributed by atoms with Crippen LogP contribution in [-0.4, -0.2) is 197 Å². The van der Waals surface area contributed by atoms with E-state index in [1.807, 2.05) is 116 Å². The van der Waals surface area contributed by atoms with Gasteiger partial charge in [-0.15, -0.1) is 0 Å². The molecular weight excluding hydrogens is 1460 g/mol. The number of para-hydroxylation sites is 3. The number of anilines is 5. The lowest BCUT2D eigenvalue weighted by Gasteiger charge is -2.26. The van der Waals surface area contributed by atoms with Crippen LogP contribution < -0.4 is 48.2 Å². The molecule has 0 radical (unpaired) electrons. The molecule has 3 atom stereocenters. The van der Waals surface area contributed by atoms with Gasteiger partial charge in [-0.25, -0.2) is 0 Å². The van der Waals surface area contributed by atoms with Crippen molar-refractivity contribution in [2.75, 3.05) is 140 Å². The minimum atomic E-state index is -0.288. The molecule has 6 aliphatic heterocycles. The van der Waals surface area contributed by atoms with Crippen LogP contribution >= 0.6 is 0 Å². The van der Waals surface area contributed by atoms with Gasteiger partial charge in [-0.1, -0.05) is 60.7 Å². The van der Waals surface area contributed by atoms with E-state index < -0.39 is 0 Å². The summed E-state index contributed by atoms with van der Waals surface area (Å²) in [4.78, 5) is 88.2. The van der Waals surface area contributed by atoms with Crippen LogP contribution in [0.1, 0.15) is 95.7 Å². The minimum Gasteiger partial charge on any atom is -0.504 e. The van der Waals surface area contributed by atoms with Gasteiger partial charge in [0.05, 0.1) is 140 Å². The number of methoxy groups -OCH3 is 7. The molecule has 8 aromatic rings. The Kier molecular flexibility index (Phi) is 28.1. The van der Waals surface area contributed by atoms with Crippen LogP contribution in [0, 0.1) is 0 Å². The number of hydrogen-bond donors (Lipinski definition) is 3. The Hall–Kier alpha value is -11.7. The van der Waals surface area contributed by atoms with E-state index in [1.165, 1.54) is 27.4 Å². The average molecular weight is 1560 g/mol. The van der Waals surface area contributed by atoms with Gasteiger partial charge in [0.1, 0.15) is 13.2 Å². The van der Waals surface area contributed by atoms with Gasteiger partial charge in [-0.05, 0) is 119 Å². The lowest BCUT2D eigenvalue weighted by molar-refractivity contribution is -0.141. The maximum Gasteiger partial charge on any atom is 0.305 e. The summed E-state index contributed by atoms with van der Waals surface area (Å²) < 4.78 is 61.0. The number of phenols is 1. The zero-order chi connectivity index (χ0) is 80.2. The van der Waals surface area contributed by atoms with E-state index in [2.05, 4.69) is 19.5 Å². The number of benzene rings is 8. The first kappa shape index (κ1) is 81.8. The molecule has 3 N–H and O–H groups in total. The fourth-order valence-corrected chi connectivity index (χ4v) is 14.6. The number of carbonyl (C=O) groups excluding carboxylic acids is 5. The third kappa shape index (κ3) is 19.3. The quantitative estimate of drug-likeness (QED) is 0.0254. The number of aliphatic hydroxyl groups excluding tert-OH is 2. The summed E-state index contributed by atoms with van der Waals surface area (Å²) in [6.45, 7) is 5.27. The summed E-state index contributed by atoms with van der Waals surface area (Å²) in [5.74, 6) is 0.929. The van der Waals surface area contributed by atoms with Gasteiger partial charge in [0.2, 0.25) is 0 Å². The third-order valence-electron chi connectivity index (χ3n) is 20.3. The van der Waals surface area contributed by atoms with Gasteiger partial charge in [0.15, 0.2) is 34.5 Å². The topological polar surface area (TPSA) is 301 Å². The number of carbonyl (C=O) groups is 5. The number of nitrogens with zero attached hydrogens (tertiary/aromatic N) is 8. The Morgan fingerprint density at radius 1 is 0.421 bits per heavy atom. The lowest BCUT2D eigenvalue weighted by atomic mass is 10.1. The summed E-state index contributed by atoms with van der Waals surface area (Å²) in [6, 6.07) is 44.8. The summed E-state index contributed by atoms with van der Waals surface area (Å²) in [5.41, 5.74) is 13.6. The highest BCUT2D eigenvalue weighted by Gasteiger charge is 2.40. The molecule has 27 heteroatoms. The fraction of sp³-hybridized carbons (Fsp3) is 0.356. The molecule has 0 spiro atoms. The number of ether oxygens (including phenoxy) is 11. The molecule has 6 heterocycles. The van der Waals surface area contributed by atoms with Gasteiger partial charge in [-0.2, -0.15) is 0 Å². The number of aromatic hydroxyl groups is 1. The van der Waals surface area contributed by atoms with Crippen molar-refractivity contribution in [3.05, 3.63) is 201 Å². The first-order valence-corrected chi connectivity index (χ1v) is 37.8. The van der Waals surface area contributed by atoms with Crippen LogP contribution in [0.15, 0.2) is 161 Å². The van der Waals surface area contributed by atoms with E-state index in [9.17, 15) is 39.3 Å². The summed E-state index contributed by atoms with van der Waals surface area (Å²) in [7, 11) is 10.6. The summed E-state index contributed by atoms with van der Waals surface area (Å²) in [6.07, 6.45) is 9.32. The maximum atomic E-state index is 14.1. The number of fused-ring (bicyclic) bond motifs is 12. The Labute approximate surface area is 662 Å². The number of rotatable bonds is 33. The predicted molar refractivity (Wildman–Crippen MR) is 433 cm³/mol. The van der Waals surface area contributed by atoms with Gasteiger partial charge in [0.25, 0.3) is 17.7 Å². The number of hydrogen-bond acceptors (Lipinski definition) is 24. The highest BCUT2D eigenvalue weighted by Crippen LogP contribution is 2.45.